The molecule has 0 unspecified atom stereocenters. The Labute approximate surface area is 103 Å². The molecule has 0 aliphatic rings. The molecule has 0 N–H and O–H groups in total. The normalized spacial score (nSPS) is 10.9. The highest BCUT2D eigenvalue weighted by Crippen LogP contribution is 2.19. The van der Waals surface area contributed by atoms with E-state index in [4.69, 9.17) is 4.74 Å². The zero-order valence-corrected chi connectivity index (χ0v) is 10.8. The molecule has 15 heavy (non-hydrogen) atoms. The van der Waals surface area contributed by atoms with Gasteiger partial charge in [0, 0.05) is 15.0 Å². The third-order valence-electron chi connectivity index (χ3n) is 1.90. The third kappa shape index (κ3) is 2.59. The highest BCUT2D eigenvalue weighted by atomic mass is 127. The summed E-state index contributed by atoms with van der Waals surface area (Å²) in [4.78, 5) is 4.42. The van der Waals surface area contributed by atoms with Crippen LogP contribution in [-0.4, -0.2) is 11.1 Å². The lowest BCUT2D eigenvalue weighted by molar-refractivity contribution is 0.233. The van der Waals surface area contributed by atoms with Crippen LogP contribution in [0.4, 0.5) is 0 Å². The number of aromatic nitrogens is 1. The van der Waals surface area contributed by atoms with Gasteiger partial charge in [-0.1, -0.05) is 6.07 Å². The van der Waals surface area contributed by atoms with Gasteiger partial charge in [-0.25, -0.2) is 4.98 Å². The van der Waals surface area contributed by atoms with E-state index in [2.05, 4.69) is 33.6 Å². The first kappa shape index (κ1) is 10.7. The second-order valence-electron chi connectivity index (χ2n) is 3.57. The van der Waals surface area contributed by atoms with Gasteiger partial charge in [0.05, 0.1) is 11.6 Å². The molecular formula is C12H11INO. The molecule has 0 aliphatic carbocycles. The molecule has 77 valence electrons. The summed E-state index contributed by atoms with van der Waals surface area (Å²) in [6.07, 6.45) is 0.145. The first-order chi connectivity index (χ1) is 7.15. The SMILES string of the molecule is CC(C)Oc1c[c]c2ccc(I)cc2n1. The van der Waals surface area contributed by atoms with Crippen molar-refractivity contribution in [2.45, 2.75) is 20.0 Å². The van der Waals surface area contributed by atoms with Gasteiger partial charge in [-0.15, -0.1) is 0 Å². The van der Waals surface area contributed by atoms with E-state index in [1.807, 2.05) is 32.0 Å². The van der Waals surface area contributed by atoms with Crippen LogP contribution < -0.4 is 4.74 Å². The predicted molar refractivity (Wildman–Crippen MR) is 69.1 cm³/mol. The number of nitrogens with zero attached hydrogens (tertiary/aromatic N) is 1. The number of rotatable bonds is 2. The van der Waals surface area contributed by atoms with Crippen LogP contribution in [-0.2, 0) is 0 Å². The average molecular weight is 312 g/mol. The Hall–Kier alpha value is -0.840. The summed E-state index contributed by atoms with van der Waals surface area (Å²) in [5, 5.41) is 1.02. The van der Waals surface area contributed by atoms with Crippen LogP contribution in [0.1, 0.15) is 13.8 Å². The van der Waals surface area contributed by atoms with E-state index >= 15 is 0 Å². The van der Waals surface area contributed by atoms with Gasteiger partial charge in [0.25, 0.3) is 0 Å². The van der Waals surface area contributed by atoms with Crippen LogP contribution >= 0.6 is 22.6 Å². The van der Waals surface area contributed by atoms with E-state index in [1.54, 1.807) is 6.07 Å². The second-order valence-corrected chi connectivity index (χ2v) is 4.81. The molecule has 0 atom stereocenters. The fourth-order valence-electron chi connectivity index (χ4n) is 1.31. The molecule has 2 nitrogen and oxygen atoms in total. The van der Waals surface area contributed by atoms with Gasteiger partial charge >= 0.3 is 0 Å². The molecule has 0 amide bonds. The zero-order valence-electron chi connectivity index (χ0n) is 8.62. The maximum Gasteiger partial charge on any atom is 0.214 e. The first-order valence-electron chi connectivity index (χ1n) is 4.80. The van der Waals surface area contributed by atoms with Gasteiger partial charge in [0.2, 0.25) is 5.88 Å². The summed E-state index contributed by atoms with van der Waals surface area (Å²) in [6.45, 7) is 3.97. The van der Waals surface area contributed by atoms with E-state index < -0.39 is 0 Å². The molecule has 2 aromatic rings. The Morgan fingerprint density at radius 2 is 2.20 bits per heavy atom. The van der Waals surface area contributed by atoms with Crippen molar-refractivity contribution in [1.29, 1.82) is 0 Å². The first-order valence-corrected chi connectivity index (χ1v) is 5.87. The van der Waals surface area contributed by atoms with Crippen LogP contribution in [0.3, 0.4) is 0 Å². The molecule has 3 heteroatoms. The van der Waals surface area contributed by atoms with Crippen molar-refractivity contribution in [3.8, 4) is 5.88 Å². The minimum absolute atomic E-state index is 0.145. The Morgan fingerprint density at radius 1 is 1.40 bits per heavy atom. The van der Waals surface area contributed by atoms with Crippen LogP contribution in [0.5, 0.6) is 5.88 Å². The van der Waals surface area contributed by atoms with Gasteiger partial charge in [0.1, 0.15) is 0 Å². The lowest BCUT2D eigenvalue weighted by Gasteiger charge is -2.08. The smallest absolute Gasteiger partial charge is 0.214 e. The maximum atomic E-state index is 5.52. The molecular weight excluding hydrogens is 301 g/mol. The minimum Gasteiger partial charge on any atom is -0.475 e. The van der Waals surface area contributed by atoms with Crippen molar-refractivity contribution in [2.24, 2.45) is 0 Å². The van der Waals surface area contributed by atoms with E-state index in [-0.39, 0.29) is 6.10 Å². The number of benzene rings is 1. The summed E-state index contributed by atoms with van der Waals surface area (Å²) in [6, 6.07) is 11.0. The number of pyridine rings is 1. The molecule has 0 bridgehead atoms. The van der Waals surface area contributed by atoms with Gasteiger partial charge in [-0.3, -0.25) is 0 Å². The topological polar surface area (TPSA) is 22.1 Å². The summed E-state index contributed by atoms with van der Waals surface area (Å²) in [5.41, 5.74) is 0.931. The van der Waals surface area contributed by atoms with Crippen molar-refractivity contribution in [3.05, 3.63) is 33.9 Å². The quantitative estimate of drug-likeness (QED) is 0.793. The summed E-state index contributed by atoms with van der Waals surface area (Å²) >= 11 is 2.27. The summed E-state index contributed by atoms with van der Waals surface area (Å²) in [5.74, 6) is 0.638. The summed E-state index contributed by atoms with van der Waals surface area (Å²) in [7, 11) is 0. The van der Waals surface area contributed by atoms with Crippen LogP contribution in [0, 0.1) is 9.64 Å². The van der Waals surface area contributed by atoms with Crippen LogP contribution in [0.15, 0.2) is 24.3 Å². The van der Waals surface area contributed by atoms with Gasteiger partial charge in [0.15, 0.2) is 0 Å². The second kappa shape index (κ2) is 4.35. The van der Waals surface area contributed by atoms with E-state index in [0.717, 1.165) is 10.9 Å². The Kier molecular flexibility index (Phi) is 3.09. The zero-order chi connectivity index (χ0) is 10.8. The van der Waals surface area contributed by atoms with Crippen molar-refractivity contribution in [3.63, 3.8) is 0 Å². The Bertz CT molecular complexity index is 482. The van der Waals surface area contributed by atoms with Gasteiger partial charge in [-0.05, 0) is 54.6 Å². The fraction of sp³-hybridized carbons (Fsp3) is 0.250. The van der Waals surface area contributed by atoms with Crippen LogP contribution in [0.2, 0.25) is 0 Å². The number of ether oxygens (including phenoxy) is 1. The molecule has 0 aliphatic heterocycles. The highest BCUT2D eigenvalue weighted by molar-refractivity contribution is 14.1. The number of fused-ring (bicyclic) bond motifs is 1. The number of halogens is 1. The molecule has 1 aromatic carbocycles. The molecule has 1 heterocycles. The minimum atomic E-state index is 0.145. The lowest BCUT2D eigenvalue weighted by Crippen LogP contribution is -2.06. The monoisotopic (exact) mass is 312 g/mol. The van der Waals surface area contributed by atoms with Crippen molar-refractivity contribution >= 4 is 33.5 Å². The molecule has 1 aromatic heterocycles. The number of hydrogen-bond acceptors (Lipinski definition) is 2. The predicted octanol–water partition coefficient (Wildman–Crippen LogP) is 3.43. The van der Waals surface area contributed by atoms with E-state index in [0.29, 0.717) is 5.88 Å². The standard InChI is InChI=1S/C12H11INO/c1-8(2)15-12-6-4-9-3-5-10(13)7-11(9)14-12/h3,5-8H,1-2H3. The molecule has 0 saturated carbocycles. The molecule has 0 spiro atoms. The van der Waals surface area contributed by atoms with Gasteiger partial charge in [-0.2, -0.15) is 0 Å². The molecule has 2 rings (SSSR count). The fourth-order valence-corrected chi connectivity index (χ4v) is 1.79. The molecule has 0 saturated heterocycles. The van der Waals surface area contributed by atoms with Crippen LogP contribution in [0.25, 0.3) is 10.9 Å². The Balaban J connectivity index is 2.45. The number of hydrogen-bond donors (Lipinski definition) is 0. The van der Waals surface area contributed by atoms with E-state index in [1.165, 1.54) is 3.57 Å². The molecule has 0 fully saturated rings. The summed E-state index contributed by atoms with van der Waals surface area (Å²) < 4.78 is 6.69. The molecule has 1 radical (unpaired) electrons. The van der Waals surface area contributed by atoms with Gasteiger partial charge < -0.3 is 4.74 Å². The van der Waals surface area contributed by atoms with Crippen molar-refractivity contribution in [2.75, 3.05) is 0 Å². The van der Waals surface area contributed by atoms with E-state index in [9.17, 15) is 0 Å². The Morgan fingerprint density at radius 3 is 2.93 bits per heavy atom. The maximum absolute atomic E-state index is 5.52. The highest BCUT2D eigenvalue weighted by Gasteiger charge is 2.01. The largest absolute Gasteiger partial charge is 0.475 e. The third-order valence-corrected chi connectivity index (χ3v) is 2.57. The average Bonchev–Trinajstić information content (AvgIpc) is 2.16. The lowest BCUT2D eigenvalue weighted by atomic mass is 10.2. The van der Waals surface area contributed by atoms with Crippen molar-refractivity contribution < 1.29 is 4.74 Å². The van der Waals surface area contributed by atoms with Crippen molar-refractivity contribution in [1.82, 2.24) is 4.98 Å².